The van der Waals surface area contributed by atoms with Crippen molar-refractivity contribution in [2.75, 3.05) is 12.4 Å². The second-order valence-electron chi connectivity index (χ2n) is 7.57. The third-order valence-electron chi connectivity index (χ3n) is 4.80. The van der Waals surface area contributed by atoms with Crippen molar-refractivity contribution in [2.24, 2.45) is 10.9 Å². The lowest BCUT2D eigenvalue weighted by atomic mass is 10.0. The second kappa shape index (κ2) is 9.39. The number of methoxy groups -OCH3 is 1. The molecule has 170 valence electrons. The van der Waals surface area contributed by atoms with Gasteiger partial charge in [-0.15, -0.1) is 0 Å². The Morgan fingerprint density at radius 2 is 1.78 bits per heavy atom. The van der Waals surface area contributed by atoms with Gasteiger partial charge in [0.25, 0.3) is 15.9 Å². The minimum atomic E-state index is -3.74. The van der Waals surface area contributed by atoms with Gasteiger partial charge in [0.1, 0.15) is 11.6 Å². The lowest BCUT2D eigenvalue weighted by Gasteiger charge is -2.19. The van der Waals surface area contributed by atoms with E-state index >= 15 is 0 Å². The van der Waals surface area contributed by atoms with Crippen molar-refractivity contribution in [1.29, 1.82) is 0 Å². The minimum Gasteiger partial charge on any atom is -0.497 e. The van der Waals surface area contributed by atoms with E-state index in [0.29, 0.717) is 17.0 Å². The molecule has 0 aliphatic carbocycles. The minimum absolute atomic E-state index is 0.0738. The Balaban J connectivity index is 1.74. The van der Waals surface area contributed by atoms with E-state index in [1.807, 2.05) is 0 Å². The van der Waals surface area contributed by atoms with Gasteiger partial charge in [-0.2, -0.15) is 0 Å². The first-order valence-electron chi connectivity index (χ1n) is 9.98. The largest absolute Gasteiger partial charge is 0.497 e. The van der Waals surface area contributed by atoms with Crippen LogP contribution in [0.25, 0.3) is 0 Å². The van der Waals surface area contributed by atoms with E-state index in [1.165, 1.54) is 20.1 Å². The predicted molar refractivity (Wildman–Crippen MR) is 119 cm³/mol. The zero-order valence-corrected chi connectivity index (χ0v) is 19.0. The van der Waals surface area contributed by atoms with Crippen LogP contribution in [0.2, 0.25) is 0 Å². The molecule has 32 heavy (non-hydrogen) atoms. The third-order valence-corrected chi connectivity index (χ3v) is 6.20. The van der Waals surface area contributed by atoms with E-state index in [-0.39, 0.29) is 16.6 Å². The Kier molecular flexibility index (Phi) is 6.83. The summed E-state index contributed by atoms with van der Waals surface area (Å²) in [6.45, 7) is 4.96. The molecule has 10 heteroatoms. The third kappa shape index (κ3) is 5.08. The topological polar surface area (TPSA) is 123 Å². The molecule has 1 amide bonds. The number of nitrogens with one attached hydrogen (secondary N) is 2. The van der Waals surface area contributed by atoms with E-state index < -0.39 is 34.0 Å². The normalized spacial score (nSPS) is 17.2. The summed E-state index contributed by atoms with van der Waals surface area (Å²) in [7, 11) is -2.22. The molecule has 0 saturated heterocycles. The summed E-state index contributed by atoms with van der Waals surface area (Å²) in [6.07, 6.45) is -1.09. The molecule has 9 nitrogen and oxygen atoms in total. The molecule has 0 fully saturated rings. The number of hydrogen-bond donors (Lipinski definition) is 2. The van der Waals surface area contributed by atoms with Gasteiger partial charge in [-0.05, 0) is 37.1 Å². The second-order valence-corrected chi connectivity index (χ2v) is 9.22. The molecule has 0 aromatic heterocycles. The number of rotatable bonds is 7. The number of hydrogen-bond acceptors (Lipinski definition) is 7. The summed E-state index contributed by atoms with van der Waals surface area (Å²) >= 11 is 0. The van der Waals surface area contributed by atoms with Gasteiger partial charge in [-0.25, -0.2) is 13.2 Å². The van der Waals surface area contributed by atoms with Crippen LogP contribution in [-0.2, 0) is 24.3 Å². The maximum atomic E-state index is 12.8. The molecule has 2 aromatic rings. The standard InChI is InChI=1S/C22H25N3O6S/c1-13(2)19(24-20-17-10-5-6-11-18(17)32(28,29)25-20)22(27)31-14(3)21(26)23-15-8-7-9-16(12-15)30-4/h5-14,19H,1-4H3,(H,23,26)(H,24,25)/t14-,19+/m1/s1. The quantitative estimate of drug-likeness (QED) is 0.613. The molecule has 1 aliphatic rings. The molecule has 0 radical (unpaired) electrons. The molecule has 3 rings (SSSR count). The van der Waals surface area contributed by atoms with Gasteiger partial charge in [0, 0.05) is 17.3 Å². The zero-order valence-electron chi connectivity index (χ0n) is 18.2. The number of esters is 1. The van der Waals surface area contributed by atoms with Gasteiger partial charge >= 0.3 is 5.97 Å². The number of fused-ring (bicyclic) bond motifs is 1. The van der Waals surface area contributed by atoms with E-state index in [1.54, 1.807) is 56.3 Å². The van der Waals surface area contributed by atoms with E-state index in [2.05, 4.69) is 15.0 Å². The lowest BCUT2D eigenvalue weighted by molar-refractivity contribution is -0.155. The molecule has 2 atom stereocenters. The van der Waals surface area contributed by atoms with Gasteiger partial charge < -0.3 is 14.8 Å². The number of aliphatic imine (C=N–C) groups is 1. The Hall–Kier alpha value is -3.40. The SMILES string of the molecule is COc1cccc(NC(=O)[C@@H](C)OC(=O)[C@@H](N=C2NS(=O)(=O)c3ccccc32)C(C)C)c1. The van der Waals surface area contributed by atoms with Gasteiger partial charge in [0.05, 0.1) is 12.0 Å². The molecular formula is C22H25N3O6S. The Bertz CT molecular complexity index is 1160. The van der Waals surface area contributed by atoms with Crippen molar-refractivity contribution in [3.05, 3.63) is 54.1 Å². The van der Waals surface area contributed by atoms with Crippen molar-refractivity contribution in [3.8, 4) is 5.75 Å². The summed E-state index contributed by atoms with van der Waals surface area (Å²) in [4.78, 5) is 29.7. The first kappa shape index (κ1) is 23.3. The first-order valence-corrected chi connectivity index (χ1v) is 11.5. The fourth-order valence-corrected chi connectivity index (χ4v) is 4.32. The van der Waals surface area contributed by atoms with Crippen LogP contribution in [0.5, 0.6) is 5.75 Å². The number of sulfonamides is 1. The summed E-state index contributed by atoms with van der Waals surface area (Å²) in [6, 6.07) is 12.1. The average molecular weight is 460 g/mol. The number of ether oxygens (including phenoxy) is 2. The van der Waals surface area contributed by atoms with Gasteiger partial charge in [0.15, 0.2) is 12.1 Å². The molecule has 2 aromatic carbocycles. The van der Waals surface area contributed by atoms with E-state index in [4.69, 9.17) is 9.47 Å². The maximum Gasteiger partial charge on any atom is 0.331 e. The summed E-state index contributed by atoms with van der Waals surface area (Å²) in [5, 5.41) is 2.66. The van der Waals surface area contributed by atoms with E-state index in [0.717, 1.165) is 0 Å². The van der Waals surface area contributed by atoms with Crippen LogP contribution in [0.4, 0.5) is 5.69 Å². The number of anilines is 1. The fraction of sp³-hybridized carbons (Fsp3) is 0.318. The smallest absolute Gasteiger partial charge is 0.331 e. The lowest BCUT2D eigenvalue weighted by Crippen LogP contribution is -2.37. The summed E-state index contributed by atoms with van der Waals surface area (Å²) < 4.78 is 37.5. The number of carbonyl (C=O) groups is 2. The van der Waals surface area contributed by atoms with Crippen molar-refractivity contribution >= 4 is 33.4 Å². The fourth-order valence-electron chi connectivity index (χ4n) is 3.08. The van der Waals surface area contributed by atoms with E-state index in [9.17, 15) is 18.0 Å². The van der Waals surface area contributed by atoms with Crippen molar-refractivity contribution in [2.45, 2.75) is 37.8 Å². The van der Waals surface area contributed by atoms with Crippen LogP contribution in [-0.4, -0.2) is 45.4 Å². The number of amidine groups is 1. The van der Waals surface area contributed by atoms with Crippen molar-refractivity contribution in [3.63, 3.8) is 0 Å². The molecule has 0 saturated carbocycles. The number of carbonyl (C=O) groups excluding carboxylic acids is 2. The Morgan fingerprint density at radius 3 is 2.47 bits per heavy atom. The highest BCUT2D eigenvalue weighted by Crippen LogP contribution is 2.24. The monoisotopic (exact) mass is 459 g/mol. The molecule has 1 heterocycles. The van der Waals surface area contributed by atoms with Crippen molar-refractivity contribution in [1.82, 2.24) is 4.72 Å². The van der Waals surface area contributed by atoms with Crippen LogP contribution in [0.3, 0.4) is 0 Å². The molecule has 0 unspecified atom stereocenters. The number of amides is 1. The van der Waals surface area contributed by atoms with Gasteiger partial charge in [-0.3, -0.25) is 14.5 Å². The zero-order chi connectivity index (χ0) is 23.5. The Labute approximate surface area is 186 Å². The highest BCUT2D eigenvalue weighted by molar-refractivity contribution is 7.90. The number of nitrogens with zero attached hydrogens (tertiary/aromatic N) is 1. The van der Waals surface area contributed by atoms with Crippen LogP contribution >= 0.6 is 0 Å². The van der Waals surface area contributed by atoms with Gasteiger partial charge in [0.2, 0.25) is 0 Å². The van der Waals surface area contributed by atoms with Crippen LogP contribution in [0.15, 0.2) is 58.4 Å². The predicted octanol–water partition coefficient (Wildman–Crippen LogP) is 2.33. The first-order chi connectivity index (χ1) is 15.1. The highest BCUT2D eigenvalue weighted by atomic mass is 32.2. The van der Waals surface area contributed by atoms with Crippen LogP contribution in [0, 0.1) is 5.92 Å². The van der Waals surface area contributed by atoms with Crippen molar-refractivity contribution < 1.29 is 27.5 Å². The molecule has 0 bridgehead atoms. The van der Waals surface area contributed by atoms with Crippen LogP contribution in [0.1, 0.15) is 26.3 Å². The molecule has 1 aliphatic heterocycles. The molecular weight excluding hydrogens is 434 g/mol. The van der Waals surface area contributed by atoms with Crippen LogP contribution < -0.4 is 14.8 Å². The van der Waals surface area contributed by atoms with Gasteiger partial charge in [-0.1, -0.05) is 32.0 Å². The molecule has 2 N–H and O–H groups in total. The summed E-state index contributed by atoms with van der Waals surface area (Å²) in [5.74, 6) is -0.911. The maximum absolute atomic E-state index is 12.8. The highest BCUT2D eigenvalue weighted by Gasteiger charge is 2.34. The summed E-state index contributed by atoms with van der Waals surface area (Å²) in [5.41, 5.74) is 0.879. The average Bonchev–Trinajstić information content (AvgIpc) is 3.02. The molecule has 0 spiro atoms. The number of benzene rings is 2. The Morgan fingerprint density at radius 1 is 1.06 bits per heavy atom.